The Morgan fingerprint density at radius 1 is 0.385 bits per heavy atom. The Morgan fingerprint density at radius 3 is 1.25 bits per heavy atom. The molecule has 0 N–H and O–H groups in total. The van der Waals surface area contributed by atoms with Gasteiger partial charge in [-0.05, 0) is 83.5 Å². The fourth-order valence-electron chi connectivity index (χ4n) is 5.71. The molecule has 0 rings (SSSR count). The van der Waals surface area contributed by atoms with Gasteiger partial charge in [0.05, 0.1) is 0 Å². The van der Waals surface area contributed by atoms with E-state index in [9.17, 15) is 14.4 Å². The van der Waals surface area contributed by atoms with Crippen LogP contribution in [0.3, 0.4) is 0 Å². The number of esters is 3. The normalized spacial score (nSPS) is 12.4. The van der Waals surface area contributed by atoms with Crippen molar-refractivity contribution in [3.8, 4) is 0 Å². The molecule has 0 heterocycles. The summed E-state index contributed by atoms with van der Waals surface area (Å²) >= 11 is 0. The molecule has 0 spiro atoms. The van der Waals surface area contributed by atoms with Gasteiger partial charge in [0, 0.05) is 19.3 Å². The van der Waals surface area contributed by atoms with Crippen LogP contribution in [0.2, 0.25) is 0 Å². The molecular weight excluding hydrogens is 649 g/mol. The Hall–Kier alpha value is -2.63. The van der Waals surface area contributed by atoms with Gasteiger partial charge in [0.25, 0.3) is 0 Å². The maximum Gasteiger partial charge on any atom is 0.306 e. The van der Waals surface area contributed by atoms with E-state index in [4.69, 9.17) is 14.2 Å². The van der Waals surface area contributed by atoms with Crippen LogP contribution in [0.15, 0.2) is 48.6 Å². The van der Waals surface area contributed by atoms with E-state index in [-0.39, 0.29) is 31.1 Å². The van der Waals surface area contributed by atoms with Crippen molar-refractivity contribution in [2.24, 2.45) is 0 Å². The van der Waals surface area contributed by atoms with Crippen molar-refractivity contribution >= 4 is 17.9 Å². The van der Waals surface area contributed by atoms with Gasteiger partial charge in [-0.25, -0.2) is 0 Å². The predicted molar refractivity (Wildman–Crippen MR) is 219 cm³/mol. The molecular formula is C46H80O6. The van der Waals surface area contributed by atoms with Gasteiger partial charge in [-0.2, -0.15) is 0 Å². The lowest BCUT2D eigenvalue weighted by molar-refractivity contribution is -0.167. The van der Waals surface area contributed by atoms with Crippen LogP contribution in [0.25, 0.3) is 0 Å². The van der Waals surface area contributed by atoms with E-state index in [0.29, 0.717) is 25.7 Å². The van der Waals surface area contributed by atoms with Crippen molar-refractivity contribution in [2.75, 3.05) is 13.2 Å². The molecule has 1 unspecified atom stereocenters. The van der Waals surface area contributed by atoms with Gasteiger partial charge < -0.3 is 14.2 Å². The van der Waals surface area contributed by atoms with Crippen LogP contribution >= 0.6 is 0 Å². The minimum Gasteiger partial charge on any atom is -0.462 e. The standard InChI is InChI=1S/C46H80O6/c1-4-7-10-13-16-19-21-22-23-24-25-28-30-33-36-39-45(48)51-42-43(41-50-44(47)38-35-32-29-26-18-15-12-9-6-3)52-46(49)40-37-34-31-27-20-17-14-11-8-5-2/h14,16-17,19,21-22,26,29,43H,4-13,15,18,20,23-25,27-28,30-42H2,1-3H3/b17-14-,19-16-,22-21-,29-26-. The largest absolute Gasteiger partial charge is 0.462 e. The smallest absolute Gasteiger partial charge is 0.306 e. The monoisotopic (exact) mass is 729 g/mol. The number of hydrogen-bond donors (Lipinski definition) is 0. The number of allylic oxidation sites excluding steroid dienone is 8. The van der Waals surface area contributed by atoms with Crippen molar-refractivity contribution in [1.29, 1.82) is 0 Å². The van der Waals surface area contributed by atoms with E-state index in [1.165, 1.54) is 83.5 Å². The Balaban J connectivity index is 4.40. The highest BCUT2D eigenvalue weighted by atomic mass is 16.6. The van der Waals surface area contributed by atoms with Crippen LogP contribution in [-0.2, 0) is 28.6 Å². The maximum absolute atomic E-state index is 12.6. The molecule has 0 bridgehead atoms. The molecule has 0 aliphatic rings. The SMILES string of the molecule is CCCC/C=C\CCCCCCC(=O)OC(COC(=O)CCC/C=C\CCCCCC)COC(=O)CCCCCCCC/C=C\C=C/CCCCC. The molecule has 0 aromatic carbocycles. The van der Waals surface area contributed by atoms with E-state index in [1.807, 2.05) is 0 Å². The topological polar surface area (TPSA) is 78.9 Å². The lowest BCUT2D eigenvalue weighted by atomic mass is 10.1. The summed E-state index contributed by atoms with van der Waals surface area (Å²) in [6.07, 6.45) is 46.7. The number of ether oxygens (including phenoxy) is 3. The summed E-state index contributed by atoms with van der Waals surface area (Å²) in [5.74, 6) is -0.960. The first-order valence-corrected chi connectivity index (χ1v) is 21.7. The van der Waals surface area contributed by atoms with E-state index >= 15 is 0 Å². The molecule has 52 heavy (non-hydrogen) atoms. The van der Waals surface area contributed by atoms with Gasteiger partial charge in [0.2, 0.25) is 0 Å². The minimum atomic E-state index is -0.790. The second-order valence-electron chi connectivity index (χ2n) is 14.3. The molecule has 6 heteroatoms. The summed E-state index contributed by atoms with van der Waals surface area (Å²) < 4.78 is 16.6. The highest BCUT2D eigenvalue weighted by Gasteiger charge is 2.19. The Morgan fingerprint density at radius 2 is 0.731 bits per heavy atom. The van der Waals surface area contributed by atoms with E-state index in [2.05, 4.69) is 69.4 Å². The van der Waals surface area contributed by atoms with Crippen molar-refractivity contribution in [3.63, 3.8) is 0 Å². The number of rotatable bonds is 38. The fraction of sp³-hybridized carbons (Fsp3) is 0.761. The molecule has 300 valence electrons. The second kappa shape index (κ2) is 41.1. The van der Waals surface area contributed by atoms with Crippen molar-refractivity contribution < 1.29 is 28.6 Å². The highest BCUT2D eigenvalue weighted by Crippen LogP contribution is 2.12. The quantitative estimate of drug-likeness (QED) is 0.0207. The third-order valence-electron chi connectivity index (χ3n) is 9.05. The summed E-state index contributed by atoms with van der Waals surface area (Å²) in [6.45, 7) is 6.46. The van der Waals surface area contributed by atoms with Crippen LogP contribution < -0.4 is 0 Å². The Kier molecular flexibility index (Phi) is 39.1. The van der Waals surface area contributed by atoms with Crippen molar-refractivity contribution in [1.82, 2.24) is 0 Å². The molecule has 0 aliphatic heterocycles. The summed E-state index contributed by atoms with van der Waals surface area (Å²) in [4.78, 5) is 37.5. The summed E-state index contributed by atoms with van der Waals surface area (Å²) in [5, 5.41) is 0. The Labute approximate surface area is 320 Å². The van der Waals surface area contributed by atoms with Gasteiger partial charge in [-0.15, -0.1) is 0 Å². The highest BCUT2D eigenvalue weighted by molar-refractivity contribution is 5.71. The molecule has 0 saturated carbocycles. The van der Waals surface area contributed by atoms with Crippen LogP contribution in [0, 0.1) is 0 Å². The number of unbranched alkanes of at least 4 members (excludes halogenated alkanes) is 20. The predicted octanol–water partition coefficient (Wildman–Crippen LogP) is 13.6. The van der Waals surface area contributed by atoms with E-state index in [1.54, 1.807) is 0 Å². The minimum absolute atomic E-state index is 0.0928. The third-order valence-corrected chi connectivity index (χ3v) is 9.05. The molecule has 1 atom stereocenters. The Bertz CT molecular complexity index is 933. The molecule has 6 nitrogen and oxygen atoms in total. The van der Waals surface area contributed by atoms with Gasteiger partial charge >= 0.3 is 17.9 Å². The average molecular weight is 729 g/mol. The fourth-order valence-corrected chi connectivity index (χ4v) is 5.71. The van der Waals surface area contributed by atoms with Crippen LogP contribution in [0.5, 0.6) is 0 Å². The van der Waals surface area contributed by atoms with Gasteiger partial charge in [-0.3, -0.25) is 14.4 Å². The summed E-state index contributed by atoms with van der Waals surface area (Å²) in [6, 6.07) is 0. The summed E-state index contributed by atoms with van der Waals surface area (Å²) in [7, 11) is 0. The zero-order valence-corrected chi connectivity index (χ0v) is 34.1. The molecule has 0 radical (unpaired) electrons. The first-order chi connectivity index (χ1) is 25.5. The van der Waals surface area contributed by atoms with Crippen LogP contribution in [0.4, 0.5) is 0 Å². The van der Waals surface area contributed by atoms with Gasteiger partial charge in [-0.1, -0.05) is 153 Å². The zero-order chi connectivity index (χ0) is 38.0. The first-order valence-electron chi connectivity index (χ1n) is 21.7. The molecule has 0 aromatic rings. The molecule has 0 fully saturated rings. The first kappa shape index (κ1) is 49.4. The third kappa shape index (κ3) is 38.6. The van der Waals surface area contributed by atoms with Crippen molar-refractivity contribution in [2.45, 2.75) is 213 Å². The molecule has 0 amide bonds. The van der Waals surface area contributed by atoms with Crippen molar-refractivity contribution in [3.05, 3.63) is 48.6 Å². The van der Waals surface area contributed by atoms with Crippen LogP contribution in [-0.4, -0.2) is 37.2 Å². The maximum atomic E-state index is 12.6. The van der Waals surface area contributed by atoms with Gasteiger partial charge in [0.1, 0.15) is 13.2 Å². The lowest BCUT2D eigenvalue weighted by Gasteiger charge is -2.18. The van der Waals surface area contributed by atoms with E-state index < -0.39 is 6.10 Å². The molecule has 0 saturated heterocycles. The molecule has 0 aliphatic carbocycles. The zero-order valence-electron chi connectivity index (χ0n) is 34.1. The number of carbonyl (C=O) groups is 3. The molecule has 0 aromatic heterocycles. The number of carbonyl (C=O) groups excluding carboxylic acids is 3. The number of hydrogen-bond acceptors (Lipinski definition) is 6. The summed E-state index contributed by atoms with van der Waals surface area (Å²) in [5.41, 5.74) is 0. The second-order valence-corrected chi connectivity index (χ2v) is 14.3. The van der Waals surface area contributed by atoms with E-state index in [0.717, 1.165) is 77.0 Å². The lowest BCUT2D eigenvalue weighted by Crippen LogP contribution is -2.30. The van der Waals surface area contributed by atoms with Crippen LogP contribution in [0.1, 0.15) is 207 Å². The van der Waals surface area contributed by atoms with Gasteiger partial charge in [0.15, 0.2) is 6.10 Å². The average Bonchev–Trinajstić information content (AvgIpc) is 3.14.